The van der Waals surface area contributed by atoms with E-state index in [9.17, 15) is 13.6 Å². The zero-order chi connectivity index (χ0) is 16.6. The third-order valence-corrected chi connectivity index (χ3v) is 4.26. The van der Waals surface area contributed by atoms with Gasteiger partial charge in [0.15, 0.2) is 11.6 Å². The maximum Gasteiger partial charge on any atom is 0.257 e. The van der Waals surface area contributed by atoms with Gasteiger partial charge in [-0.25, -0.2) is 8.78 Å². The molecule has 0 N–H and O–H groups in total. The van der Waals surface area contributed by atoms with Crippen molar-refractivity contribution in [2.45, 2.75) is 32.7 Å². The quantitative estimate of drug-likeness (QED) is 0.852. The average molecular weight is 319 g/mol. The van der Waals surface area contributed by atoms with Crippen LogP contribution in [0.25, 0.3) is 0 Å². The van der Waals surface area contributed by atoms with Crippen molar-refractivity contribution in [2.75, 3.05) is 13.1 Å². The molecule has 6 heteroatoms. The van der Waals surface area contributed by atoms with E-state index in [1.165, 1.54) is 12.1 Å². The van der Waals surface area contributed by atoms with E-state index in [0.717, 1.165) is 30.3 Å². The molecule has 23 heavy (non-hydrogen) atoms. The van der Waals surface area contributed by atoms with Gasteiger partial charge in [-0.2, -0.15) is 5.10 Å². The molecule has 1 aliphatic rings. The molecule has 0 unspecified atom stereocenters. The lowest BCUT2D eigenvalue weighted by Gasteiger charge is -2.33. The van der Waals surface area contributed by atoms with Gasteiger partial charge in [0.2, 0.25) is 0 Å². The van der Waals surface area contributed by atoms with Gasteiger partial charge in [0, 0.05) is 18.8 Å². The Bertz CT molecular complexity index is 741. The van der Waals surface area contributed by atoms with Crippen LogP contribution >= 0.6 is 0 Å². The van der Waals surface area contributed by atoms with Crippen LogP contribution in [0.1, 0.15) is 40.6 Å². The van der Waals surface area contributed by atoms with Gasteiger partial charge in [0.25, 0.3) is 5.91 Å². The number of piperidine rings is 1. The smallest absolute Gasteiger partial charge is 0.257 e. The van der Waals surface area contributed by atoms with Gasteiger partial charge >= 0.3 is 0 Å². The van der Waals surface area contributed by atoms with Crippen LogP contribution in [0.2, 0.25) is 0 Å². The van der Waals surface area contributed by atoms with Crippen molar-refractivity contribution in [1.82, 2.24) is 14.7 Å². The molecule has 0 saturated carbocycles. The molecule has 0 bridgehead atoms. The molecular weight excluding hydrogens is 300 g/mol. The Hall–Kier alpha value is -2.24. The number of likely N-dealkylation sites (tertiary alicyclic amines) is 1. The topological polar surface area (TPSA) is 38.1 Å². The lowest BCUT2D eigenvalue weighted by atomic mass is 10.0. The number of nitrogens with zero attached hydrogens (tertiary/aromatic N) is 3. The highest BCUT2D eigenvalue weighted by Crippen LogP contribution is 2.25. The van der Waals surface area contributed by atoms with Gasteiger partial charge in [-0.05, 0) is 44.9 Å². The molecule has 1 aromatic carbocycles. The summed E-state index contributed by atoms with van der Waals surface area (Å²) in [6.45, 7) is 4.91. The summed E-state index contributed by atoms with van der Waals surface area (Å²) in [5, 5.41) is 4.48. The first-order valence-electron chi connectivity index (χ1n) is 7.73. The molecule has 122 valence electrons. The maximum absolute atomic E-state index is 13.9. The van der Waals surface area contributed by atoms with Crippen molar-refractivity contribution in [3.63, 3.8) is 0 Å². The molecule has 2 aromatic rings. The zero-order valence-electron chi connectivity index (χ0n) is 13.2. The number of benzene rings is 1. The Morgan fingerprint density at radius 1 is 1.30 bits per heavy atom. The highest BCUT2D eigenvalue weighted by atomic mass is 19.2. The highest BCUT2D eigenvalue weighted by molar-refractivity contribution is 5.94. The van der Waals surface area contributed by atoms with Gasteiger partial charge < -0.3 is 4.90 Å². The van der Waals surface area contributed by atoms with Gasteiger partial charge in [-0.3, -0.25) is 9.48 Å². The molecular formula is C17H19F2N3O. The number of halogens is 2. The van der Waals surface area contributed by atoms with Crippen LogP contribution in [0.15, 0.2) is 24.3 Å². The number of carbonyl (C=O) groups is 1. The molecule has 4 nitrogen and oxygen atoms in total. The van der Waals surface area contributed by atoms with E-state index in [4.69, 9.17) is 0 Å². The van der Waals surface area contributed by atoms with Crippen molar-refractivity contribution in [2.24, 2.45) is 0 Å². The van der Waals surface area contributed by atoms with E-state index in [1.54, 1.807) is 4.90 Å². The highest BCUT2D eigenvalue weighted by Gasteiger charge is 2.28. The minimum Gasteiger partial charge on any atom is -0.336 e. The van der Waals surface area contributed by atoms with E-state index in [0.29, 0.717) is 13.1 Å². The molecule has 3 rings (SSSR count). The van der Waals surface area contributed by atoms with Crippen molar-refractivity contribution in [3.8, 4) is 0 Å². The van der Waals surface area contributed by atoms with Gasteiger partial charge in [-0.15, -0.1) is 0 Å². The van der Waals surface area contributed by atoms with Gasteiger partial charge in [-0.1, -0.05) is 6.07 Å². The molecule has 1 saturated heterocycles. The monoisotopic (exact) mass is 319 g/mol. The van der Waals surface area contributed by atoms with Crippen LogP contribution in [0.5, 0.6) is 0 Å². The molecule has 1 fully saturated rings. The Labute approximate surface area is 133 Å². The molecule has 1 aromatic heterocycles. The summed E-state index contributed by atoms with van der Waals surface area (Å²) in [5.74, 6) is -2.54. The Kier molecular flexibility index (Phi) is 4.15. The fourth-order valence-electron chi connectivity index (χ4n) is 3.19. The summed E-state index contributed by atoms with van der Waals surface area (Å²) in [5.41, 5.74) is 1.76. The predicted octanol–water partition coefficient (Wildman–Crippen LogP) is 3.26. The third kappa shape index (κ3) is 2.98. The molecule has 0 radical (unpaired) electrons. The summed E-state index contributed by atoms with van der Waals surface area (Å²) >= 11 is 0. The van der Waals surface area contributed by atoms with Crippen molar-refractivity contribution in [3.05, 3.63) is 52.9 Å². The second-order valence-corrected chi connectivity index (χ2v) is 6.02. The number of carbonyl (C=O) groups excluding carboxylic acids is 1. The van der Waals surface area contributed by atoms with E-state index in [-0.39, 0.29) is 11.6 Å². The maximum atomic E-state index is 13.9. The summed E-state index contributed by atoms with van der Waals surface area (Å²) in [7, 11) is 0. The summed E-state index contributed by atoms with van der Waals surface area (Å²) in [6.07, 6.45) is 1.73. The second-order valence-electron chi connectivity index (χ2n) is 6.02. The first kappa shape index (κ1) is 15.6. The van der Waals surface area contributed by atoms with Crippen LogP contribution in [0, 0.1) is 25.5 Å². The Morgan fingerprint density at radius 3 is 2.78 bits per heavy atom. The first-order chi connectivity index (χ1) is 11.0. The zero-order valence-corrected chi connectivity index (χ0v) is 13.2. The predicted molar refractivity (Wildman–Crippen MR) is 82.2 cm³/mol. The van der Waals surface area contributed by atoms with Crippen LogP contribution < -0.4 is 0 Å². The first-order valence-corrected chi connectivity index (χ1v) is 7.73. The summed E-state index contributed by atoms with van der Waals surface area (Å²) in [6, 6.07) is 5.76. The fourth-order valence-corrected chi connectivity index (χ4v) is 3.19. The van der Waals surface area contributed by atoms with E-state index < -0.39 is 17.5 Å². The van der Waals surface area contributed by atoms with Crippen LogP contribution in [-0.2, 0) is 0 Å². The van der Waals surface area contributed by atoms with Crippen molar-refractivity contribution in [1.29, 1.82) is 0 Å². The molecule has 1 aliphatic heterocycles. The van der Waals surface area contributed by atoms with Gasteiger partial charge in [0.1, 0.15) is 0 Å². The fraction of sp³-hybridized carbons (Fsp3) is 0.412. The number of aromatic nitrogens is 2. The Morgan fingerprint density at radius 2 is 2.09 bits per heavy atom. The largest absolute Gasteiger partial charge is 0.336 e. The van der Waals surface area contributed by atoms with Crippen molar-refractivity contribution >= 4 is 5.91 Å². The van der Waals surface area contributed by atoms with E-state index >= 15 is 0 Å². The molecule has 0 spiro atoms. The minimum absolute atomic E-state index is 0.0676. The normalized spacial score (nSPS) is 18.3. The van der Waals surface area contributed by atoms with E-state index in [1.807, 2.05) is 24.6 Å². The Balaban J connectivity index is 1.82. The number of aryl methyl sites for hydroxylation is 2. The second kappa shape index (κ2) is 6.10. The van der Waals surface area contributed by atoms with Gasteiger partial charge in [0.05, 0.1) is 17.3 Å². The number of amides is 1. The molecule has 1 atom stereocenters. The van der Waals surface area contributed by atoms with Crippen LogP contribution in [-0.4, -0.2) is 33.7 Å². The summed E-state index contributed by atoms with van der Waals surface area (Å²) in [4.78, 5) is 14.1. The number of rotatable bonds is 2. The summed E-state index contributed by atoms with van der Waals surface area (Å²) < 4.78 is 29.1. The lowest BCUT2D eigenvalue weighted by Crippen LogP contribution is -2.41. The van der Waals surface area contributed by atoms with E-state index in [2.05, 4.69) is 5.10 Å². The number of hydrogen-bond acceptors (Lipinski definition) is 2. The van der Waals surface area contributed by atoms with Crippen LogP contribution in [0.3, 0.4) is 0 Å². The van der Waals surface area contributed by atoms with Crippen molar-refractivity contribution < 1.29 is 13.6 Å². The lowest BCUT2D eigenvalue weighted by molar-refractivity contribution is 0.0665. The minimum atomic E-state index is -1.08. The standard InChI is InChI=1S/C17H19F2N3O/c1-11-9-12(2)22(20-11)13-5-4-8-21(10-13)17(23)14-6-3-7-15(18)16(14)19/h3,6-7,9,13H,4-5,8,10H2,1-2H3/t13-/m0/s1. The molecule has 1 amide bonds. The molecule has 2 heterocycles. The molecule has 0 aliphatic carbocycles. The third-order valence-electron chi connectivity index (χ3n) is 4.26. The van der Waals surface area contributed by atoms with Crippen LogP contribution in [0.4, 0.5) is 8.78 Å². The average Bonchev–Trinajstić information content (AvgIpc) is 2.88. The SMILES string of the molecule is Cc1cc(C)n([C@H]2CCCN(C(=O)c3cccc(F)c3F)C2)n1. The number of hydrogen-bond donors (Lipinski definition) is 0.